The van der Waals surface area contributed by atoms with Crippen molar-refractivity contribution in [1.29, 1.82) is 0 Å². The highest BCUT2D eigenvalue weighted by molar-refractivity contribution is 7.71. The minimum absolute atomic E-state index is 0.0662. The average Bonchev–Trinajstić information content (AvgIpc) is 2.61. The maximum absolute atomic E-state index is 9.84. The van der Waals surface area contributed by atoms with Crippen LogP contribution in [0.3, 0.4) is 0 Å². The molecule has 0 radical (unpaired) electrons. The Balaban J connectivity index is 2.39. The molecule has 18 heavy (non-hydrogen) atoms. The van der Waals surface area contributed by atoms with E-state index in [9.17, 15) is 10.2 Å². The van der Waals surface area contributed by atoms with E-state index in [0.717, 1.165) is 0 Å². The molecule has 1 saturated heterocycles. The van der Waals surface area contributed by atoms with Crippen molar-refractivity contribution in [3.63, 3.8) is 0 Å². The highest BCUT2D eigenvalue weighted by atomic mass is 32.1. The lowest BCUT2D eigenvalue weighted by molar-refractivity contribution is -0.0539. The Morgan fingerprint density at radius 1 is 1.39 bits per heavy atom. The monoisotopic (exact) mass is 274 g/mol. The summed E-state index contributed by atoms with van der Waals surface area (Å²) in [5.41, 5.74) is 11.3. The maximum Gasteiger partial charge on any atom is 0.203 e. The molecule has 0 aromatic carbocycles. The third kappa shape index (κ3) is 2.06. The Labute approximate surface area is 107 Å². The van der Waals surface area contributed by atoms with E-state index in [-0.39, 0.29) is 16.3 Å². The van der Waals surface area contributed by atoms with Crippen molar-refractivity contribution >= 4 is 23.7 Å². The number of nitrogens with zero attached hydrogens (tertiary/aromatic N) is 2. The number of aliphatic hydroxyl groups excluding tert-OH is 3. The van der Waals surface area contributed by atoms with Gasteiger partial charge in [0.2, 0.25) is 4.77 Å². The summed E-state index contributed by atoms with van der Waals surface area (Å²) >= 11 is 4.98. The van der Waals surface area contributed by atoms with Gasteiger partial charge in [0.05, 0.1) is 12.3 Å². The molecule has 0 spiro atoms. The van der Waals surface area contributed by atoms with Gasteiger partial charge in [0, 0.05) is 6.20 Å². The predicted octanol–water partition coefficient (Wildman–Crippen LogP) is -1.61. The molecule has 0 bridgehead atoms. The van der Waals surface area contributed by atoms with Gasteiger partial charge in [-0.05, 0) is 12.2 Å². The molecular formula is C9H14N4O4S. The standard InChI is InChI=1S/C9H14N4O4S/c10-3-1-13(9(18)12-7(3)11)8-6(16)5(15)4(2-14)17-8/h1,4-6,8,14-16H,2,10H2,(H2,11,12,18)/t4-,5?,6?,8-/m1/s1. The summed E-state index contributed by atoms with van der Waals surface area (Å²) in [6, 6.07) is 0. The Morgan fingerprint density at radius 2 is 2.06 bits per heavy atom. The summed E-state index contributed by atoms with van der Waals surface area (Å²) in [6.07, 6.45) is -2.91. The van der Waals surface area contributed by atoms with Crippen molar-refractivity contribution in [2.75, 3.05) is 18.1 Å². The zero-order valence-corrected chi connectivity index (χ0v) is 10.1. The number of hydrogen-bond acceptors (Lipinski definition) is 8. The third-order valence-electron chi connectivity index (χ3n) is 2.80. The first-order valence-corrected chi connectivity index (χ1v) is 5.63. The molecule has 1 aliphatic heterocycles. The predicted molar refractivity (Wildman–Crippen MR) is 64.9 cm³/mol. The summed E-state index contributed by atoms with van der Waals surface area (Å²) in [5, 5.41) is 28.5. The van der Waals surface area contributed by atoms with E-state index in [0.29, 0.717) is 0 Å². The first kappa shape index (κ1) is 13.2. The number of hydrogen-bond donors (Lipinski definition) is 5. The van der Waals surface area contributed by atoms with Crippen LogP contribution in [-0.4, -0.2) is 49.8 Å². The SMILES string of the molecule is Nc1cn([C@@H]2O[C@H](CO)C(O)C2O)c(=S)nc1N. The molecule has 0 amide bonds. The smallest absolute Gasteiger partial charge is 0.203 e. The van der Waals surface area contributed by atoms with Crippen LogP contribution in [0.2, 0.25) is 0 Å². The number of rotatable bonds is 2. The van der Waals surface area contributed by atoms with Crippen molar-refractivity contribution in [2.24, 2.45) is 0 Å². The summed E-state index contributed by atoms with van der Waals surface area (Å²) in [7, 11) is 0. The number of aliphatic hydroxyl groups is 3. The van der Waals surface area contributed by atoms with Gasteiger partial charge >= 0.3 is 0 Å². The van der Waals surface area contributed by atoms with E-state index in [1.54, 1.807) is 0 Å². The minimum Gasteiger partial charge on any atom is -0.395 e. The molecule has 8 nitrogen and oxygen atoms in total. The van der Waals surface area contributed by atoms with E-state index in [4.69, 9.17) is 33.5 Å². The third-order valence-corrected chi connectivity index (χ3v) is 3.10. The summed E-state index contributed by atoms with van der Waals surface area (Å²) in [6.45, 7) is -0.417. The van der Waals surface area contributed by atoms with Crippen molar-refractivity contribution in [3.05, 3.63) is 11.0 Å². The molecule has 2 heterocycles. The van der Waals surface area contributed by atoms with Crippen LogP contribution in [0.5, 0.6) is 0 Å². The molecule has 0 saturated carbocycles. The molecule has 7 N–H and O–H groups in total. The van der Waals surface area contributed by atoms with Crippen LogP contribution in [0, 0.1) is 4.77 Å². The van der Waals surface area contributed by atoms with Gasteiger partial charge < -0.3 is 31.5 Å². The minimum atomic E-state index is -1.24. The van der Waals surface area contributed by atoms with Crippen LogP contribution in [0.4, 0.5) is 11.5 Å². The fourth-order valence-corrected chi connectivity index (χ4v) is 2.04. The Hall–Kier alpha value is -1.26. The second-order valence-corrected chi connectivity index (χ2v) is 4.37. The van der Waals surface area contributed by atoms with Crippen molar-refractivity contribution in [1.82, 2.24) is 9.55 Å². The number of nitrogen functional groups attached to an aromatic ring is 2. The number of nitrogens with two attached hydrogens (primary N) is 2. The van der Waals surface area contributed by atoms with Crippen LogP contribution >= 0.6 is 12.2 Å². The quantitative estimate of drug-likeness (QED) is 0.406. The lowest BCUT2D eigenvalue weighted by Crippen LogP contribution is -2.33. The van der Waals surface area contributed by atoms with Crippen LogP contribution < -0.4 is 11.5 Å². The largest absolute Gasteiger partial charge is 0.395 e. The van der Waals surface area contributed by atoms with Gasteiger partial charge in [-0.15, -0.1) is 0 Å². The number of ether oxygens (including phenoxy) is 1. The lowest BCUT2D eigenvalue weighted by atomic mass is 10.1. The lowest BCUT2D eigenvalue weighted by Gasteiger charge is -2.18. The first-order valence-electron chi connectivity index (χ1n) is 5.22. The normalized spacial score (nSPS) is 31.7. The number of anilines is 2. The molecule has 1 aromatic heterocycles. The van der Waals surface area contributed by atoms with Crippen molar-refractivity contribution in [2.45, 2.75) is 24.5 Å². The van der Waals surface area contributed by atoms with Gasteiger partial charge in [-0.1, -0.05) is 0 Å². The molecule has 9 heteroatoms. The topological polar surface area (TPSA) is 140 Å². The summed E-state index contributed by atoms with van der Waals surface area (Å²) < 4.78 is 6.67. The Morgan fingerprint density at radius 3 is 2.61 bits per heavy atom. The molecule has 4 atom stereocenters. The van der Waals surface area contributed by atoms with Crippen LogP contribution in [0.1, 0.15) is 6.23 Å². The number of aromatic nitrogens is 2. The zero-order valence-electron chi connectivity index (χ0n) is 9.30. The molecule has 1 aliphatic rings. The van der Waals surface area contributed by atoms with E-state index in [1.165, 1.54) is 10.8 Å². The molecule has 2 rings (SSSR count). The van der Waals surface area contributed by atoms with Gasteiger partial charge in [-0.3, -0.25) is 4.57 Å². The molecule has 2 unspecified atom stereocenters. The van der Waals surface area contributed by atoms with Gasteiger partial charge in [-0.2, -0.15) is 0 Å². The van der Waals surface area contributed by atoms with Gasteiger partial charge in [0.1, 0.15) is 18.3 Å². The van der Waals surface area contributed by atoms with Gasteiger partial charge in [-0.25, -0.2) is 4.98 Å². The maximum atomic E-state index is 9.84. The second kappa shape index (κ2) is 4.78. The van der Waals surface area contributed by atoms with Gasteiger partial charge in [0.15, 0.2) is 12.0 Å². The molecular weight excluding hydrogens is 260 g/mol. The van der Waals surface area contributed by atoms with Crippen molar-refractivity contribution in [3.8, 4) is 0 Å². The Bertz CT molecular complexity index is 508. The molecule has 1 fully saturated rings. The summed E-state index contributed by atoms with van der Waals surface area (Å²) in [4.78, 5) is 3.82. The summed E-state index contributed by atoms with van der Waals surface area (Å²) in [5.74, 6) is 0.0861. The van der Waals surface area contributed by atoms with E-state index < -0.39 is 31.1 Å². The fourth-order valence-electron chi connectivity index (χ4n) is 1.79. The van der Waals surface area contributed by atoms with Crippen molar-refractivity contribution < 1.29 is 20.1 Å². The second-order valence-electron chi connectivity index (χ2n) is 4.00. The Kier molecular flexibility index (Phi) is 3.50. The zero-order chi connectivity index (χ0) is 13.4. The van der Waals surface area contributed by atoms with E-state index in [1.807, 2.05) is 0 Å². The van der Waals surface area contributed by atoms with Crippen LogP contribution in [0.15, 0.2) is 6.20 Å². The van der Waals surface area contributed by atoms with Crippen LogP contribution in [-0.2, 0) is 4.74 Å². The molecule has 0 aliphatic carbocycles. The van der Waals surface area contributed by atoms with Crippen LogP contribution in [0.25, 0.3) is 0 Å². The fraction of sp³-hybridized carbons (Fsp3) is 0.556. The first-order chi connectivity index (χ1) is 8.45. The average molecular weight is 274 g/mol. The highest BCUT2D eigenvalue weighted by Gasteiger charge is 2.43. The highest BCUT2D eigenvalue weighted by Crippen LogP contribution is 2.30. The molecule has 100 valence electrons. The van der Waals surface area contributed by atoms with E-state index >= 15 is 0 Å². The molecule has 1 aromatic rings. The van der Waals surface area contributed by atoms with Gasteiger partial charge in [0.25, 0.3) is 0 Å². The van der Waals surface area contributed by atoms with E-state index in [2.05, 4.69) is 4.98 Å².